The number of ether oxygens (including phenoxy) is 4. The summed E-state index contributed by atoms with van der Waals surface area (Å²) in [5, 5.41) is 0. The van der Waals surface area contributed by atoms with Gasteiger partial charge in [-0.05, 0) is 59.4 Å². The van der Waals surface area contributed by atoms with Gasteiger partial charge in [-0.2, -0.15) is 0 Å². The van der Waals surface area contributed by atoms with Crippen molar-refractivity contribution in [1.82, 2.24) is 4.90 Å². The molecule has 0 spiro atoms. The second-order valence-corrected chi connectivity index (χ2v) is 8.62. The Kier molecular flexibility index (Phi) is 8.28. The van der Waals surface area contributed by atoms with Crippen LogP contribution in [0.15, 0.2) is 54.6 Å². The molecule has 0 N–H and O–H groups in total. The zero-order valence-electron chi connectivity index (χ0n) is 21.2. The van der Waals surface area contributed by atoms with Crippen LogP contribution >= 0.6 is 0 Å². The van der Waals surface area contributed by atoms with Crippen LogP contribution in [0.25, 0.3) is 11.1 Å². The van der Waals surface area contributed by atoms with E-state index in [2.05, 4.69) is 0 Å². The number of amides is 1. The zero-order valence-corrected chi connectivity index (χ0v) is 21.2. The molecule has 0 fully saturated rings. The Labute approximate surface area is 215 Å². The molecular weight excluding hydrogens is 477 g/mol. The minimum Gasteiger partial charge on any atom is -0.496 e. The summed E-state index contributed by atoms with van der Waals surface area (Å²) >= 11 is 0. The molecule has 1 aliphatic heterocycles. The predicted octanol–water partition coefficient (Wildman–Crippen LogP) is 5.31. The second-order valence-electron chi connectivity index (χ2n) is 8.62. The van der Waals surface area contributed by atoms with Crippen molar-refractivity contribution in [2.24, 2.45) is 0 Å². The Morgan fingerprint density at radius 3 is 2.27 bits per heavy atom. The predicted molar refractivity (Wildman–Crippen MR) is 136 cm³/mol. The van der Waals surface area contributed by atoms with Crippen LogP contribution in [-0.2, 0) is 40.3 Å². The minimum atomic E-state index is -0.464. The Balaban J connectivity index is 1.66. The fraction of sp³-hybridized carbons (Fsp3) is 0.310. The van der Waals surface area contributed by atoms with Gasteiger partial charge in [-0.1, -0.05) is 36.4 Å². The van der Waals surface area contributed by atoms with E-state index in [0.29, 0.717) is 52.3 Å². The Hall–Kier alpha value is -4.07. The number of carbonyl (C=O) groups excluding carboxylic acids is 2. The van der Waals surface area contributed by atoms with E-state index < -0.39 is 6.09 Å². The summed E-state index contributed by atoms with van der Waals surface area (Å²) in [5.41, 5.74) is 4.07. The molecule has 0 bridgehead atoms. The standard InChI is InChI=1S/C29H30FNO6/c1-4-36-27(32)16-20-14-25(34-2)28(26(15-20)35-3)22-10-11-24(30)21-12-13-31(17-23(21)22)29(33)37-18-19-8-6-5-7-9-19/h5-11,14-15H,4,12-13,16-18H2,1-3H3. The van der Waals surface area contributed by atoms with E-state index in [4.69, 9.17) is 18.9 Å². The molecule has 3 aromatic rings. The third kappa shape index (κ3) is 5.85. The van der Waals surface area contributed by atoms with E-state index in [0.717, 1.165) is 5.56 Å². The number of carbonyl (C=O) groups is 2. The molecular formula is C29H30FNO6. The van der Waals surface area contributed by atoms with Crippen molar-refractivity contribution in [2.45, 2.75) is 32.9 Å². The normalized spacial score (nSPS) is 12.5. The molecule has 194 valence electrons. The summed E-state index contributed by atoms with van der Waals surface area (Å²) in [6.07, 6.45) is -0.0573. The van der Waals surface area contributed by atoms with Gasteiger partial charge in [-0.3, -0.25) is 4.79 Å². The summed E-state index contributed by atoms with van der Waals surface area (Å²) in [6, 6.07) is 16.0. The fourth-order valence-corrected chi connectivity index (χ4v) is 4.55. The van der Waals surface area contributed by atoms with E-state index >= 15 is 0 Å². The van der Waals surface area contributed by atoms with E-state index in [1.807, 2.05) is 30.3 Å². The summed E-state index contributed by atoms with van der Waals surface area (Å²) in [5.74, 6) is 0.253. The molecule has 4 rings (SSSR count). The van der Waals surface area contributed by atoms with Gasteiger partial charge in [0.2, 0.25) is 0 Å². The van der Waals surface area contributed by atoms with Crippen LogP contribution in [0.3, 0.4) is 0 Å². The van der Waals surface area contributed by atoms with Crippen LogP contribution in [0.5, 0.6) is 11.5 Å². The molecule has 0 saturated carbocycles. The lowest BCUT2D eigenvalue weighted by molar-refractivity contribution is -0.142. The van der Waals surface area contributed by atoms with E-state index in [1.165, 1.54) is 20.3 Å². The van der Waals surface area contributed by atoms with Gasteiger partial charge >= 0.3 is 12.1 Å². The summed E-state index contributed by atoms with van der Waals surface area (Å²) in [7, 11) is 3.05. The topological polar surface area (TPSA) is 74.3 Å². The maximum atomic E-state index is 14.9. The highest BCUT2D eigenvalue weighted by atomic mass is 19.1. The van der Waals surface area contributed by atoms with Crippen molar-refractivity contribution in [1.29, 1.82) is 0 Å². The van der Waals surface area contributed by atoms with Gasteiger partial charge in [0.05, 0.1) is 32.8 Å². The molecule has 0 atom stereocenters. The first-order valence-corrected chi connectivity index (χ1v) is 12.1. The van der Waals surface area contributed by atoms with Gasteiger partial charge < -0.3 is 23.8 Å². The minimum absolute atomic E-state index is 0.0589. The number of hydrogen-bond acceptors (Lipinski definition) is 6. The van der Waals surface area contributed by atoms with Crippen LogP contribution < -0.4 is 9.47 Å². The zero-order chi connectivity index (χ0) is 26.4. The number of nitrogens with zero attached hydrogens (tertiary/aromatic N) is 1. The molecule has 0 saturated heterocycles. The SMILES string of the molecule is CCOC(=O)Cc1cc(OC)c(-c2ccc(F)c3c2CN(C(=O)OCc2ccccc2)CC3)c(OC)c1. The van der Waals surface area contributed by atoms with Crippen molar-refractivity contribution < 1.29 is 32.9 Å². The average molecular weight is 508 g/mol. The number of esters is 1. The van der Waals surface area contributed by atoms with Crippen molar-refractivity contribution in [3.05, 3.63) is 82.7 Å². The van der Waals surface area contributed by atoms with Crippen molar-refractivity contribution in [2.75, 3.05) is 27.4 Å². The van der Waals surface area contributed by atoms with Crippen molar-refractivity contribution >= 4 is 12.1 Å². The third-order valence-electron chi connectivity index (χ3n) is 6.31. The lowest BCUT2D eigenvalue weighted by Crippen LogP contribution is -2.37. The van der Waals surface area contributed by atoms with Crippen LogP contribution in [0.4, 0.5) is 9.18 Å². The van der Waals surface area contributed by atoms with Gasteiger partial charge in [0, 0.05) is 13.1 Å². The first kappa shape index (κ1) is 26.0. The molecule has 3 aromatic carbocycles. The number of methoxy groups -OCH3 is 2. The Bertz CT molecular complexity index is 1250. The van der Waals surface area contributed by atoms with Crippen LogP contribution in [0.1, 0.15) is 29.2 Å². The van der Waals surface area contributed by atoms with Crippen LogP contribution in [0.2, 0.25) is 0 Å². The number of hydrogen-bond donors (Lipinski definition) is 0. The van der Waals surface area contributed by atoms with E-state index in [1.54, 1.807) is 30.0 Å². The summed E-state index contributed by atoms with van der Waals surface area (Å²) in [6.45, 7) is 2.71. The van der Waals surface area contributed by atoms with Crippen molar-refractivity contribution in [3.8, 4) is 22.6 Å². The number of benzene rings is 3. The highest BCUT2D eigenvalue weighted by Gasteiger charge is 2.29. The van der Waals surface area contributed by atoms with Gasteiger partial charge in [0.15, 0.2) is 0 Å². The molecule has 0 aliphatic carbocycles. The first-order valence-electron chi connectivity index (χ1n) is 12.1. The number of fused-ring (bicyclic) bond motifs is 1. The molecule has 0 unspecified atom stereocenters. The summed E-state index contributed by atoms with van der Waals surface area (Å²) < 4.78 is 36.8. The lowest BCUT2D eigenvalue weighted by Gasteiger charge is -2.30. The quantitative estimate of drug-likeness (QED) is 0.385. The van der Waals surface area contributed by atoms with Crippen LogP contribution in [0, 0.1) is 5.82 Å². The largest absolute Gasteiger partial charge is 0.496 e. The maximum absolute atomic E-state index is 14.9. The molecule has 1 aliphatic rings. The molecule has 0 radical (unpaired) electrons. The average Bonchev–Trinajstić information content (AvgIpc) is 2.92. The molecule has 1 amide bonds. The molecule has 7 nitrogen and oxygen atoms in total. The fourth-order valence-electron chi connectivity index (χ4n) is 4.55. The molecule has 0 aromatic heterocycles. The van der Waals surface area contributed by atoms with E-state index in [-0.39, 0.29) is 38.0 Å². The molecule has 8 heteroatoms. The molecule has 1 heterocycles. The maximum Gasteiger partial charge on any atom is 0.410 e. The second kappa shape index (κ2) is 11.8. The monoisotopic (exact) mass is 507 g/mol. The van der Waals surface area contributed by atoms with Gasteiger partial charge in [-0.25, -0.2) is 9.18 Å². The van der Waals surface area contributed by atoms with Crippen LogP contribution in [-0.4, -0.2) is 44.3 Å². The van der Waals surface area contributed by atoms with Gasteiger partial charge in [-0.15, -0.1) is 0 Å². The molecule has 37 heavy (non-hydrogen) atoms. The Morgan fingerprint density at radius 1 is 0.919 bits per heavy atom. The van der Waals surface area contributed by atoms with Gasteiger partial charge in [0.1, 0.15) is 23.9 Å². The Morgan fingerprint density at radius 2 is 1.62 bits per heavy atom. The smallest absolute Gasteiger partial charge is 0.410 e. The highest BCUT2D eigenvalue weighted by Crippen LogP contribution is 2.43. The highest BCUT2D eigenvalue weighted by molar-refractivity contribution is 5.83. The van der Waals surface area contributed by atoms with Crippen molar-refractivity contribution in [3.63, 3.8) is 0 Å². The number of rotatable bonds is 8. The number of halogens is 1. The van der Waals surface area contributed by atoms with E-state index in [9.17, 15) is 14.0 Å². The first-order chi connectivity index (χ1) is 17.9. The lowest BCUT2D eigenvalue weighted by atomic mass is 9.89. The third-order valence-corrected chi connectivity index (χ3v) is 6.31. The van der Waals surface area contributed by atoms with Gasteiger partial charge in [0.25, 0.3) is 0 Å². The summed E-state index contributed by atoms with van der Waals surface area (Å²) in [4.78, 5) is 26.5.